The zero-order valence-corrected chi connectivity index (χ0v) is 15.7. The average molecular weight is 395 g/mol. The molecule has 6 nitrogen and oxygen atoms in total. The summed E-state index contributed by atoms with van der Waals surface area (Å²) in [5.41, 5.74) is 0.540. The molecule has 0 aliphatic carbocycles. The van der Waals surface area contributed by atoms with Gasteiger partial charge in [-0.2, -0.15) is 5.26 Å². The zero-order valence-electron chi connectivity index (χ0n) is 14.2. The molecule has 1 heterocycles. The molecule has 0 N–H and O–H groups in total. The number of carbonyl (C=O) groups excluding carboxylic acids is 2. The van der Waals surface area contributed by atoms with Gasteiger partial charge in [0.05, 0.1) is 22.5 Å². The number of halogens is 2. The minimum Gasteiger partial charge on any atom is -0.449 e. The first-order chi connectivity index (χ1) is 12.3. The molecular formula is C18H16Cl2N2O4. The standard InChI is InChI=1S/C18H16Cl2N2O4/c1-11(17(23)22(2)10-4-9-21)25-18(24)15-8-7-14(26-15)12-5-3-6-13(19)16(12)20/h3,5-8,11H,4,10H2,1-2H3/t11-/m0/s1. The van der Waals surface area contributed by atoms with E-state index in [9.17, 15) is 9.59 Å². The van der Waals surface area contributed by atoms with Crippen LogP contribution < -0.4 is 0 Å². The zero-order chi connectivity index (χ0) is 19.3. The number of esters is 1. The molecule has 0 saturated carbocycles. The second-order valence-corrected chi connectivity index (χ2v) is 6.27. The van der Waals surface area contributed by atoms with Gasteiger partial charge in [-0.1, -0.05) is 29.3 Å². The summed E-state index contributed by atoms with van der Waals surface area (Å²) in [5, 5.41) is 9.24. The molecule has 2 rings (SSSR count). The average Bonchev–Trinajstić information content (AvgIpc) is 3.11. The monoisotopic (exact) mass is 394 g/mol. The first-order valence-electron chi connectivity index (χ1n) is 7.72. The second kappa shape index (κ2) is 8.75. The molecule has 0 unspecified atom stereocenters. The fraction of sp³-hybridized carbons (Fsp3) is 0.278. The molecule has 1 aromatic heterocycles. The molecule has 0 aliphatic rings. The molecule has 136 valence electrons. The van der Waals surface area contributed by atoms with Crippen molar-refractivity contribution >= 4 is 35.1 Å². The first kappa shape index (κ1) is 19.8. The van der Waals surface area contributed by atoms with Crippen LogP contribution in [0.5, 0.6) is 0 Å². The number of carbonyl (C=O) groups is 2. The predicted molar refractivity (Wildman–Crippen MR) is 96.9 cm³/mol. The minimum absolute atomic E-state index is 0.0598. The Morgan fingerprint density at radius 2 is 2.04 bits per heavy atom. The topological polar surface area (TPSA) is 83.5 Å². The van der Waals surface area contributed by atoms with Crippen LogP contribution in [0.2, 0.25) is 10.0 Å². The van der Waals surface area contributed by atoms with Gasteiger partial charge in [-0.3, -0.25) is 4.79 Å². The van der Waals surface area contributed by atoms with E-state index >= 15 is 0 Å². The number of likely N-dealkylation sites (N-methyl/N-ethyl adjacent to an activating group) is 1. The fourth-order valence-electron chi connectivity index (χ4n) is 2.19. The van der Waals surface area contributed by atoms with Gasteiger partial charge in [0.15, 0.2) is 6.10 Å². The van der Waals surface area contributed by atoms with Crippen LogP contribution >= 0.6 is 23.2 Å². The van der Waals surface area contributed by atoms with Crippen molar-refractivity contribution in [3.63, 3.8) is 0 Å². The summed E-state index contributed by atoms with van der Waals surface area (Å²) < 4.78 is 10.6. The highest BCUT2D eigenvalue weighted by molar-refractivity contribution is 6.43. The molecule has 1 amide bonds. The molecule has 8 heteroatoms. The molecular weight excluding hydrogens is 379 g/mol. The molecule has 0 fully saturated rings. The Bertz CT molecular complexity index is 857. The van der Waals surface area contributed by atoms with Crippen molar-refractivity contribution in [3.05, 3.63) is 46.1 Å². The van der Waals surface area contributed by atoms with Gasteiger partial charge in [0.2, 0.25) is 5.76 Å². The van der Waals surface area contributed by atoms with E-state index in [-0.39, 0.29) is 18.7 Å². The van der Waals surface area contributed by atoms with Crippen LogP contribution in [0, 0.1) is 11.3 Å². The summed E-state index contributed by atoms with van der Waals surface area (Å²) >= 11 is 12.1. The summed E-state index contributed by atoms with van der Waals surface area (Å²) in [6.45, 7) is 1.72. The van der Waals surface area contributed by atoms with Gasteiger partial charge in [0.1, 0.15) is 5.76 Å². The molecule has 1 aromatic carbocycles. The maximum atomic E-state index is 12.2. The lowest BCUT2D eigenvalue weighted by atomic mass is 10.2. The third-order valence-electron chi connectivity index (χ3n) is 3.59. The Morgan fingerprint density at radius 1 is 1.31 bits per heavy atom. The molecule has 0 bridgehead atoms. The van der Waals surface area contributed by atoms with Crippen molar-refractivity contribution < 1.29 is 18.7 Å². The summed E-state index contributed by atoms with van der Waals surface area (Å²) in [6, 6.07) is 10.0. The van der Waals surface area contributed by atoms with E-state index in [1.165, 1.54) is 24.9 Å². The maximum Gasteiger partial charge on any atom is 0.375 e. The third kappa shape index (κ3) is 4.57. The summed E-state index contributed by atoms with van der Waals surface area (Å²) in [7, 11) is 1.54. The predicted octanol–water partition coefficient (Wildman–Crippen LogP) is 4.17. The van der Waals surface area contributed by atoms with Crippen molar-refractivity contribution in [1.29, 1.82) is 5.26 Å². The molecule has 2 aromatic rings. The highest BCUT2D eigenvalue weighted by Gasteiger charge is 2.24. The second-order valence-electron chi connectivity index (χ2n) is 5.48. The number of nitriles is 1. The summed E-state index contributed by atoms with van der Waals surface area (Å²) in [6.07, 6.45) is -0.806. The number of benzene rings is 1. The number of rotatable bonds is 6. The number of hydrogen-bond acceptors (Lipinski definition) is 5. The first-order valence-corrected chi connectivity index (χ1v) is 8.48. The maximum absolute atomic E-state index is 12.2. The van der Waals surface area contributed by atoms with Gasteiger partial charge in [-0.15, -0.1) is 0 Å². The van der Waals surface area contributed by atoms with Crippen LogP contribution in [0.1, 0.15) is 23.9 Å². The third-order valence-corrected chi connectivity index (χ3v) is 4.41. The largest absolute Gasteiger partial charge is 0.449 e. The van der Waals surface area contributed by atoms with Gasteiger partial charge >= 0.3 is 5.97 Å². The van der Waals surface area contributed by atoms with Crippen LogP contribution in [-0.2, 0) is 9.53 Å². The molecule has 0 spiro atoms. The highest BCUT2D eigenvalue weighted by Crippen LogP contribution is 2.34. The molecule has 0 radical (unpaired) electrons. The van der Waals surface area contributed by atoms with Crippen LogP contribution in [-0.4, -0.2) is 36.5 Å². The van der Waals surface area contributed by atoms with E-state index in [4.69, 9.17) is 37.6 Å². The number of amides is 1. The van der Waals surface area contributed by atoms with E-state index < -0.39 is 18.0 Å². The summed E-state index contributed by atoms with van der Waals surface area (Å²) in [4.78, 5) is 25.6. The van der Waals surface area contributed by atoms with Crippen molar-refractivity contribution in [2.45, 2.75) is 19.4 Å². The number of furan rings is 1. The van der Waals surface area contributed by atoms with E-state index in [2.05, 4.69) is 0 Å². The van der Waals surface area contributed by atoms with Gasteiger partial charge in [0.25, 0.3) is 5.91 Å². The van der Waals surface area contributed by atoms with Gasteiger partial charge in [-0.05, 0) is 31.2 Å². The highest BCUT2D eigenvalue weighted by atomic mass is 35.5. The fourth-order valence-corrected chi connectivity index (χ4v) is 2.59. The smallest absolute Gasteiger partial charge is 0.375 e. The molecule has 26 heavy (non-hydrogen) atoms. The molecule has 1 atom stereocenters. The lowest BCUT2D eigenvalue weighted by molar-refractivity contribution is -0.138. The number of ether oxygens (including phenoxy) is 1. The number of nitrogens with zero attached hydrogens (tertiary/aromatic N) is 2. The molecule has 0 saturated heterocycles. The van der Waals surface area contributed by atoms with Crippen LogP contribution in [0.25, 0.3) is 11.3 Å². The minimum atomic E-state index is -1.01. The van der Waals surface area contributed by atoms with Crippen molar-refractivity contribution in [3.8, 4) is 17.4 Å². The lowest BCUT2D eigenvalue weighted by Gasteiger charge is -2.20. The lowest BCUT2D eigenvalue weighted by Crippen LogP contribution is -2.37. The van der Waals surface area contributed by atoms with E-state index in [0.29, 0.717) is 21.4 Å². The van der Waals surface area contributed by atoms with E-state index in [1.807, 2.05) is 6.07 Å². The van der Waals surface area contributed by atoms with Gasteiger partial charge in [0, 0.05) is 19.2 Å². The Labute approximate surface area is 160 Å². The Morgan fingerprint density at radius 3 is 2.73 bits per heavy atom. The SMILES string of the molecule is C[C@H](OC(=O)c1ccc(-c2cccc(Cl)c2Cl)o1)C(=O)N(C)CCC#N. The van der Waals surface area contributed by atoms with Gasteiger partial charge < -0.3 is 14.1 Å². The Kier molecular flexibility index (Phi) is 6.67. The van der Waals surface area contributed by atoms with Crippen LogP contribution in [0.4, 0.5) is 0 Å². The van der Waals surface area contributed by atoms with E-state index in [1.54, 1.807) is 24.3 Å². The Hall–Kier alpha value is -2.49. The van der Waals surface area contributed by atoms with Gasteiger partial charge in [-0.25, -0.2) is 4.79 Å². The van der Waals surface area contributed by atoms with Crippen molar-refractivity contribution in [2.24, 2.45) is 0 Å². The quantitative estimate of drug-likeness (QED) is 0.686. The van der Waals surface area contributed by atoms with Crippen molar-refractivity contribution in [1.82, 2.24) is 4.90 Å². The van der Waals surface area contributed by atoms with Crippen LogP contribution in [0.3, 0.4) is 0 Å². The molecule has 0 aliphatic heterocycles. The summed E-state index contributed by atoms with van der Waals surface area (Å²) in [5.74, 6) is -0.882. The normalized spacial score (nSPS) is 11.5. The van der Waals surface area contributed by atoms with E-state index in [0.717, 1.165) is 0 Å². The Balaban J connectivity index is 2.07. The van der Waals surface area contributed by atoms with Crippen molar-refractivity contribution in [2.75, 3.05) is 13.6 Å². The number of hydrogen-bond donors (Lipinski definition) is 0. The van der Waals surface area contributed by atoms with Crippen LogP contribution in [0.15, 0.2) is 34.7 Å².